The zero-order valence-corrected chi connectivity index (χ0v) is 11.5. The number of rotatable bonds is 4. The van der Waals surface area contributed by atoms with Gasteiger partial charge in [-0.2, -0.15) is 0 Å². The van der Waals surface area contributed by atoms with E-state index in [1.54, 1.807) is 6.20 Å². The maximum atomic E-state index is 12.9. The number of aliphatic hydroxyl groups is 1. The van der Waals surface area contributed by atoms with Crippen molar-refractivity contribution in [3.63, 3.8) is 0 Å². The van der Waals surface area contributed by atoms with Gasteiger partial charge in [0.2, 0.25) is 0 Å². The largest absolute Gasteiger partial charge is 0.492 e. The number of carboxylic acids is 1. The van der Waals surface area contributed by atoms with Gasteiger partial charge in [0.1, 0.15) is 18.3 Å². The Morgan fingerprint density at radius 1 is 1.43 bits per heavy atom. The number of aliphatic hydroxyl groups excluding tert-OH is 1. The minimum atomic E-state index is -1.05. The fourth-order valence-corrected chi connectivity index (χ4v) is 2.06. The van der Waals surface area contributed by atoms with E-state index in [4.69, 9.17) is 9.84 Å². The van der Waals surface area contributed by atoms with E-state index < -0.39 is 5.97 Å². The molecule has 2 rings (SSSR count). The van der Waals surface area contributed by atoms with Gasteiger partial charge in [0.15, 0.2) is 0 Å². The molecule has 1 saturated heterocycles. The average molecular weight is 293 g/mol. The second-order valence-electron chi connectivity index (χ2n) is 4.60. The minimum Gasteiger partial charge on any atom is -0.492 e. The summed E-state index contributed by atoms with van der Waals surface area (Å²) in [7, 11) is 0. The zero-order valence-electron chi connectivity index (χ0n) is 11.5. The van der Waals surface area contributed by atoms with Crippen molar-refractivity contribution in [2.24, 2.45) is 0 Å². The first kappa shape index (κ1) is 15.1. The van der Waals surface area contributed by atoms with Gasteiger partial charge in [0, 0.05) is 23.9 Å². The van der Waals surface area contributed by atoms with Crippen LogP contribution >= 0.6 is 0 Å². The van der Waals surface area contributed by atoms with Crippen LogP contribution in [0.2, 0.25) is 0 Å². The molecule has 5 nitrogen and oxygen atoms in total. The van der Waals surface area contributed by atoms with Gasteiger partial charge in [-0.1, -0.05) is 0 Å². The Kier molecular flexibility index (Phi) is 4.59. The molecule has 0 aromatic heterocycles. The van der Waals surface area contributed by atoms with E-state index in [1.165, 1.54) is 36.1 Å². The molecular formula is C15H16FNO4. The van der Waals surface area contributed by atoms with E-state index in [2.05, 4.69) is 0 Å². The Bertz CT molecular complexity index is 592. The van der Waals surface area contributed by atoms with Crippen LogP contribution in [0.1, 0.15) is 13.3 Å². The smallest absolute Gasteiger partial charge is 0.335 e. The fourth-order valence-electron chi connectivity index (χ4n) is 2.06. The molecule has 0 radical (unpaired) electrons. The van der Waals surface area contributed by atoms with Gasteiger partial charge < -0.3 is 19.8 Å². The molecule has 1 aromatic carbocycles. The molecule has 1 aliphatic rings. The molecule has 0 amide bonds. The first-order chi connectivity index (χ1) is 10.0. The highest BCUT2D eigenvalue weighted by molar-refractivity contribution is 5.87. The van der Waals surface area contributed by atoms with E-state index in [0.29, 0.717) is 30.0 Å². The first-order valence-electron chi connectivity index (χ1n) is 6.44. The molecule has 0 bridgehead atoms. The topological polar surface area (TPSA) is 70.0 Å². The number of carbonyl (C=O) groups is 1. The number of benzene rings is 1. The van der Waals surface area contributed by atoms with Gasteiger partial charge in [-0.05, 0) is 31.2 Å². The fraction of sp³-hybridized carbons (Fsp3) is 0.267. The predicted octanol–water partition coefficient (Wildman–Crippen LogP) is 2.24. The van der Waals surface area contributed by atoms with Crippen molar-refractivity contribution in [2.45, 2.75) is 13.3 Å². The van der Waals surface area contributed by atoms with Crippen LogP contribution in [0.15, 0.2) is 47.4 Å². The molecular weight excluding hydrogens is 277 g/mol. The third-order valence-corrected chi connectivity index (χ3v) is 3.19. The van der Waals surface area contributed by atoms with Gasteiger partial charge >= 0.3 is 5.97 Å². The molecule has 1 aliphatic heterocycles. The van der Waals surface area contributed by atoms with Crippen molar-refractivity contribution in [3.05, 3.63) is 53.2 Å². The summed E-state index contributed by atoms with van der Waals surface area (Å²) in [4.78, 5) is 12.5. The highest BCUT2D eigenvalue weighted by Gasteiger charge is 2.22. The summed E-state index contributed by atoms with van der Waals surface area (Å²) in [5.74, 6) is -1.09. The average Bonchev–Trinajstić information content (AvgIpc) is 2.93. The number of nitrogens with zero attached hydrogens (tertiary/aromatic N) is 1. The number of ether oxygens (including phenoxy) is 1. The Labute approximate surface area is 121 Å². The lowest BCUT2D eigenvalue weighted by atomic mass is 10.1. The quantitative estimate of drug-likeness (QED) is 0.658. The molecule has 0 saturated carbocycles. The number of halogens is 1. The SMILES string of the molecule is C/C(C(=O)O)=C1/OCC/C1=C/N(CO)c1ccc(F)cc1. The Morgan fingerprint density at radius 2 is 2.10 bits per heavy atom. The van der Waals surface area contributed by atoms with Crippen LogP contribution in [0, 0.1) is 5.82 Å². The van der Waals surface area contributed by atoms with Gasteiger partial charge in [0.05, 0.1) is 12.2 Å². The molecule has 1 heterocycles. The summed E-state index contributed by atoms with van der Waals surface area (Å²) in [5, 5.41) is 18.5. The van der Waals surface area contributed by atoms with Gasteiger partial charge in [-0.15, -0.1) is 0 Å². The van der Waals surface area contributed by atoms with Gasteiger partial charge in [0.25, 0.3) is 0 Å². The van der Waals surface area contributed by atoms with E-state index in [9.17, 15) is 14.3 Å². The highest BCUT2D eigenvalue weighted by Crippen LogP contribution is 2.28. The molecule has 0 unspecified atom stereocenters. The van der Waals surface area contributed by atoms with Crippen LogP contribution in [0.4, 0.5) is 10.1 Å². The molecule has 21 heavy (non-hydrogen) atoms. The zero-order chi connectivity index (χ0) is 15.4. The Morgan fingerprint density at radius 3 is 2.67 bits per heavy atom. The van der Waals surface area contributed by atoms with Crippen molar-refractivity contribution in [1.29, 1.82) is 0 Å². The van der Waals surface area contributed by atoms with Crippen LogP contribution in [0.3, 0.4) is 0 Å². The second-order valence-corrected chi connectivity index (χ2v) is 4.60. The van der Waals surface area contributed by atoms with Crippen molar-refractivity contribution >= 4 is 11.7 Å². The predicted molar refractivity (Wildman–Crippen MR) is 75.0 cm³/mol. The maximum absolute atomic E-state index is 12.9. The van der Waals surface area contributed by atoms with E-state index >= 15 is 0 Å². The highest BCUT2D eigenvalue weighted by atomic mass is 19.1. The lowest BCUT2D eigenvalue weighted by molar-refractivity contribution is -0.132. The summed E-state index contributed by atoms with van der Waals surface area (Å²) in [6.45, 7) is 1.56. The van der Waals surface area contributed by atoms with Crippen LogP contribution in [0.25, 0.3) is 0 Å². The molecule has 2 N–H and O–H groups in total. The molecule has 0 aliphatic carbocycles. The van der Waals surface area contributed by atoms with Crippen molar-refractivity contribution in [1.82, 2.24) is 0 Å². The summed E-state index contributed by atoms with van der Waals surface area (Å²) < 4.78 is 18.3. The molecule has 112 valence electrons. The maximum Gasteiger partial charge on any atom is 0.335 e. The molecule has 0 spiro atoms. The summed E-state index contributed by atoms with van der Waals surface area (Å²) in [6.07, 6.45) is 2.18. The van der Waals surface area contributed by atoms with E-state index in [1.807, 2.05) is 0 Å². The second kappa shape index (κ2) is 6.41. The lowest BCUT2D eigenvalue weighted by Crippen LogP contribution is -2.18. The summed E-state index contributed by atoms with van der Waals surface area (Å²) >= 11 is 0. The number of aliphatic carboxylic acids is 1. The normalized spacial score (nSPS) is 18.5. The van der Waals surface area contributed by atoms with Crippen molar-refractivity contribution in [2.75, 3.05) is 18.2 Å². The van der Waals surface area contributed by atoms with Gasteiger partial charge in [-0.25, -0.2) is 9.18 Å². The minimum absolute atomic E-state index is 0.121. The monoisotopic (exact) mass is 293 g/mol. The number of carboxylic acid groups (broad SMARTS) is 1. The number of hydrogen-bond donors (Lipinski definition) is 2. The van der Waals surface area contributed by atoms with E-state index in [0.717, 1.165) is 0 Å². The molecule has 6 heteroatoms. The summed E-state index contributed by atoms with van der Waals surface area (Å²) in [6, 6.07) is 5.65. The number of allylic oxidation sites excluding steroid dienone is 1. The number of anilines is 1. The number of hydrogen-bond acceptors (Lipinski definition) is 4. The van der Waals surface area contributed by atoms with Crippen LogP contribution in [-0.2, 0) is 9.53 Å². The van der Waals surface area contributed by atoms with E-state index in [-0.39, 0.29) is 18.1 Å². The Hall–Kier alpha value is -2.34. The van der Waals surface area contributed by atoms with Crippen molar-refractivity contribution < 1.29 is 24.1 Å². The van der Waals surface area contributed by atoms with Gasteiger partial charge in [-0.3, -0.25) is 0 Å². The molecule has 0 atom stereocenters. The third kappa shape index (κ3) is 3.41. The lowest BCUT2D eigenvalue weighted by Gasteiger charge is -2.18. The molecule has 1 fully saturated rings. The third-order valence-electron chi connectivity index (χ3n) is 3.19. The summed E-state index contributed by atoms with van der Waals surface area (Å²) in [5.41, 5.74) is 1.41. The Balaban J connectivity index is 2.33. The van der Waals surface area contributed by atoms with Crippen LogP contribution < -0.4 is 4.90 Å². The first-order valence-corrected chi connectivity index (χ1v) is 6.44. The standard InChI is InChI=1S/C15H16FNO4/c1-10(15(19)20)14-11(6-7-21-14)8-17(9-18)13-4-2-12(16)3-5-13/h2-5,8,18H,6-7,9H2,1H3,(H,19,20)/b11-8-,14-10-. The van der Waals surface area contributed by atoms with Crippen LogP contribution in [0.5, 0.6) is 0 Å². The van der Waals surface area contributed by atoms with Crippen LogP contribution in [-0.4, -0.2) is 29.5 Å². The molecule has 1 aromatic rings. The van der Waals surface area contributed by atoms with Crippen molar-refractivity contribution in [3.8, 4) is 0 Å².